The number of fused-ring (bicyclic) bond motifs is 1. The zero-order valence-corrected chi connectivity index (χ0v) is 19.3. The molecule has 0 amide bonds. The van der Waals surface area contributed by atoms with Crippen molar-refractivity contribution in [3.63, 3.8) is 0 Å². The van der Waals surface area contributed by atoms with Gasteiger partial charge in [0.1, 0.15) is 23.7 Å². The van der Waals surface area contributed by atoms with Gasteiger partial charge in [0.2, 0.25) is 0 Å². The van der Waals surface area contributed by atoms with Crippen molar-refractivity contribution in [2.45, 2.75) is 6.54 Å². The van der Waals surface area contributed by atoms with Crippen molar-refractivity contribution in [3.05, 3.63) is 107 Å². The summed E-state index contributed by atoms with van der Waals surface area (Å²) in [6.07, 6.45) is 4.75. The number of hydrogen-bond acceptors (Lipinski definition) is 8. The van der Waals surface area contributed by atoms with E-state index in [1.165, 1.54) is 15.5 Å². The third-order valence-corrected chi connectivity index (χ3v) is 6.02. The zero-order valence-electron chi connectivity index (χ0n) is 19.3. The Morgan fingerprint density at radius 3 is 2.35 bits per heavy atom. The van der Waals surface area contributed by atoms with E-state index in [2.05, 4.69) is 20.3 Å². The number of nitrogen functional groups attached to an aromatic ring is 1. The maximum absolute atomic E-state index is 13.3. The highest BCUT2D eigenvalue weighted by atomic mass is 16.5. The molecule has 0 radical (unpaired) electrons. The van der Waals surface area contributed by atoms with Crippen molar-refractivity contribution in [3.8, 4) is 39.6 Å². The van der Waals surface area contributed by atoms with Crippen LogP contribution in [-0.4, -0.2) is 29.5 Å². The first kappa shape index (κ1) is 21.9. The molecule has 6 aromatic rings. The fourth-order valence-corrected chi connectivity index (χ4v) is 4.15. The summed E-state index contributed by atoms with van der Waals surface area (Å²) in [4.78, 5) is 17.5. The normalized spacial score (nSPS) is 11.0. The first-order chi connectivity index (χ1) is 18.1. The topological polar surface area (TPSA) is 141 Å². The smallest absolute Gasteiger partial charge is 0.367 e. The molecule has 4 heterocycles. The van der Waals surface area contributed by atoms with Gasteiger partial charge in [-0.25, -0.2) is 14.5 Å². The molecule has 0 saturated heterocycles. The second kappa shape index (κ2) is 8.90. The van der Waals surface area contributed by atoms with E-state index >= 15 is 0 Å². The minimum absolute atomic E-state index is 0.254. The third kappa shape index (κ3) is 4.00. The summed E-state index contributed by atoms with van der Waals surface area (Å²) < 4.78 is 7.56. The number of rotatable bonds is 5. The van der Waals surface area contributed by atoms with E-state index in [1.54, 1.807) is 42.7 Å². The molecule has 37 heavy (non-hydrogen) atoms. The summed E-state index contributed by atoms with van der Waals surface area (Å²) in [6, 6.07) is 22.3. The van der Waals surface area contributed by atoms with Crippen LogP contribution in [0.5, 0.6) is 0 Å². The molecular formula is C27H18N8O2. The standard InChI is InChI=1S/C27H18N8O2/c28-13-22-10-7-20(14-30-22)25-23(18-5-8-21(29)9-6-18)15-31-35-26(25)32-34(27(35)36)16-17-1-3-19(4-2-17)24-11-12-37-33-24/h1-12,14-15H,16,29H2. The highest BCUT2D eigenvalue weighted by Crippen LogP contribution is 2.34. The number of nitriles is 1. The largest absolute Gasteiger partial charge is 0.399 e. The van der Waals surface area contributed by atoms with Gasteiger partial charge in [-0.15, -0.1) is 5.10 Å². The first-order valence-corrected chi connectivity index (χ1v) is 11.3. The van der Waals surface area contributed by atoms with Gasteiger partial charge in [-0.1, -0.05) is 41.6 Å². The van der Waals surface area contributed by atoms with E-state index in [-0.39, 0.29) is 12.2 Å². The third-order valence-electron chi connectivity index (χ3n) is 6.02. The van der Waals surface area contributed by atoms with E-state index in [0.717, 1.165) is 27.9 Å². The fourth-order valence-electron chi connectivity index (χ4n) is 4.15. The van der Waals surface area contributed by atoms with E-state index in [9.17, 15) is 10.1 Å². The fraction of sp³-hybridized carbons (Fsp3) is 0.0370. The first-order valence-electron chi connectivity index (χ1n) is 11.3. The summed E-state index contributed by atoms with van der Waals surface area (Å²) in [5.74, 6) is 0. The van der Waals surface area contributed by atoms with Crippen molar-refractivity contribution in [1.82, 2.24) is 29.5 Å². The highest BCUT2D eigenvalue weighted by molar-refractivity contribution is 5.91. The molecule has 0 fully saturated rings. The molecule has 0 aliphatic heterocycles. The summed E-state index contributed by atoms with van der Waals surface area (Å²) in [6.45, 7) is 0.254. The Bertz CT molecular complexity index is 1810. The zero-order chi connectivity index (χ0) is 25.4. The Hall–Kier alpha value is -5.56. The van der Waals surface area contributed by atoms with Gasteiger partial charge in [-0.2, -0.15) is 14.9 Å². The molecule has 178 valence electrons. The Balaban J connectivity index is 1.47. The summed E-state index contributed by atoms with van der Waals surface area (Å²) >= 11 is 0. The molecule has 2 aromatic carbocycles. The van der Waals surface area contributed by atoms with Gasteiger partial charge < -0.3 is 10.3 Å². The van der Waals surface area contributed by atoms with Crippen LogP contribution in [0.2, 0.25) is 0 Å². The van der Waals surface area contributed by atoms with Crippen LogP contribution in [0.3, 0.4) is 0 Å². The molecule has 0 saturated carbocycles. The average molecular weight is 486 g/mol. The molecular weight excluding hydrogens is 468 g/mol. The Morgan fingerprint density at radius 2 is 1.68 bits per heavy atom. The number of hydrogen-bond donors (Lipinski definition) is 1. The van der Waals surface area contributed by atoms with Crippen molar-refractivity contribution < 1.29 is 4.52 Å². The molecule has 10 heteroatoms. The molecule has 0 unspecified atom stereocenters. The second-order valence-corrected chi connectivity index (χ2v) is 8.36. The molecule has 0 bridgehead atoms. The van der Waals surface area contributed by atoms with Crippen LogP contribution in [0.25, 0.3) is 39.2 Å². The van der Waals surface area contributed by atoms with Gasteiger partial charge in [0.25, 0.3) is 0 Å². The quantitative estimate of drug-likeness (QED) is 0.363. The van der Waals surface area contributed by atoms with Crippen LogP contribution in [0.15, 0.2) is 94.7 Å². The lowest BCUT2D eigenvalue weighted by molar-refractivity contribution is 0.422. The van der Waals surface area contributed by atoms with Crippen LogP contribution in [0, 0.1) is 11.3 Å². The summed E-state index contributed by atoms with van der Waals surface area (Å²) in [7, 11) is 0. The van der Waals surface area contributed by atoms with E-state index in [0.29, 0.717) is 28.2 Å². The molecule has 0 spiro atoms. The molecule has 2 N–H and O–H groups in total. The SMILES string of the molecule is N#Cc1ccc(-c2c(-c3ccc(N)cc3)cnn3c(=O)n(Cc4ccc(-c5ccon5)cc4)nc23)cn1. The average Bonchev–Trinajstić information content (AvgIpc) is 3.58. The summed E-state index contributed by atoms with van der Waals surface area (Å²) in [5, 5.41) is 22.2. The maximum Gasteiger partial charge on any atom is 0.367 e. The number of pyridine rings is 1. The molecule has 0 atom stereocenters. The van der Waals surface area contributed by atoms with Crippen LogP contribution < -0.4 is 11.4 Å². The maximum atomic E-state index is 13.3. The highest BCUT2D eigenvalue weighted by Gasteiger charge is 2.19. The number of benzene rings is 2. The molecule has 6 rings (SSSR count). The Kier molecular flexibility index (Phi) is 5.28. The molecule has 10 nitrogen and oxygen atoms in total. The van der Waals surface area contributed by atoms with Crippen LogP contribution in [0.1, 0.15) is 11.3 Å². The van der Waals surface area contributed by atoms with Crippen LogP contribution in [-0.2, 0) is 6.54 Å². The van der Waals surface area contributed by atoms with Gasteiger partial charge in [-0.3, -0.25) is 0 Å². The van der Waals surface area contributed by atoms with Crippen molar-refractivity contribution in [1.29, 1.82) is 5.26 Å². The Morgan fingerprint density at radius 1 is 0.919 bits per heavy atom. The van der Waals surface area contributed by atoms with Gasteiger partial charge >= 0.3 is 5.69 Å². The van der Waals surface area contributed by atoms with Crippen LogP contribution in [0.4, 0.5) is 5.69 Å². The van der Waals surface area contributed by atoms with Gasteiger partial charge in [0.15, 0.2) is 5.65 Å². The lowest BCUT2D eigenvalue weighted by atomic mass is 9.98. The number of nitrogens with two attached hydrogens (primary N) is 1. The number of nitrogens with zero attached hydrogens (tertiary/aromatic N) is 7. The van der Waals surface area contributed by atoms with E-state index in [1.807, 2.05) is 42.5 Å². The van der Waals surface area contributed by atoms with E-state index in [4.69, 9.17) is 10.3 Å². The van der Waals surface area contributed by atoms with Gasteiger partial charge in [0.05, 0.1) is 12.7 Å². The lowest BCUT2D eigenvalue weighted by Crippen LogP contribution is -2.22. The molecule has 0 aliphatic carbocycles. The van der Waals surface area contributed by atoms with Crippen LogP contribution >= 0.6 is 0 Å². The lowest BCUT2D eigenvalue weighted by Gasteiger charge is -2.10. The monoisotopic (exact) mass is 486 g/mol. The predicted octanol–water partition coefficient (Wildman–Crippen LogP) is 3.78. The van der Waals surface area contributed by atoms with Gasteiger partial charge in [-0.05, 0) is 35.4 Å². The second-order valence-electron chi connectivity index (χ2n) is 8.36. The molecule has 0 aliphatic rings. The number of anilines is 1. The van der Waals surface area contributed by atoms with Gasteiger partial charge in [0, 0.05) is 40.2 Å². The molecule has 4 aromatic heterocycles. The van der Waals surface area contributed by atoms with E-state index < -0.39 is 0 Å². The van der Waals surface area contributed by atoms with Crippen molar-refractivity contribution in [2.75, 3.05) is 5.73 Å². The minimum Gasteiger partial charge on any atom is -0.399 e. The Labute approximate surface area is 209 Å². The van der Waals surface area contributed by atoms with Crippen molar-refractivity contribution in [2.24, 2.45) is 0 Å². The van der Waals surface area contributed by atoms with Crippen molar-refractivity contribution >= 4 is 11.3 Å². The summed E-state index contributed by atoms with van der Waals surface area (Å²) in [5.41, 5.74) is 12.3. The minimum atomic E-state index is -0.373. The number of aromatic nitrogens is 6. The predicted molar refractivity (Wildman–Crippen MR) is 136 cm³/mol.